The van der Waals surface area contributed by atoms with Crippen molar-refractivity contribution >= 4 is 21.7 Å². The standard InChI is InChI=1S/C8H6BrF2NO/c1-4-2-5(3-12-7(4)9)6(13)8(10)11/h2-3,8H,1H3. The number of nitrogens with zero attached hydrogens (tertiary/aromatic N) is 1. The van der Waals surface area contributed by atoms with Gasteiger partial charge < -0.3 is 0 Å². The highest BCUT2D eigenvalue weighted by atomic mass is 79.9. The smallest absolute Gasteiger partial charge is 0.288 e. The number of aromatic nitrogens is 1. The van der Waals surface area contributed by atoms with Gasteiger partial charge in [-0.25, -0.2) is 13.8 Å². The zero-order valence-electron chi connectivity index (χ0n) is 6.72. The van der Waals surface area contributed by atoms with E-state index in [-0.39, 0.29) is 5.56 Å². The molecule has 0 radical (unpaired) electrons. The Labute approximate surface area is 82.1 Å². The summed E-state index contributed by atoms with van der Waals surface area (Å²) >= 11 is 3.11. The number of hydrogen-bond donors (Lipinski definition) is 0. The molecule has 13 heavy (non-hydrogen) atoms. The average Bonchev–Trinajstić information content (AvgIpc) is 2.08. The van der Waals surface area contributed by atoms with Crippen molar-refractivity contribution in [1.82, 2.24) is 4.98 Å². The van der Waals surface area contributed by atoms with Crippen molar-refractivity contribution in [1.29, 1.82) is 0 Å². The lowest BCUT2D eigenvalue weighted by atomic mass is 10.1. The summed E-state index contributed by atoms with van der Waals surface area (Å²) in [7, 11) is 0. The van der Waals surface area contributed by atoms with Crippen LogP contribution in [-0.4, -0.2) is 17.2 Å². The second-order valence-corrected chi connectivity index (χ2v) is 3.25. The van der Waals surface area contributed by atoms with E-state index in [4.69, 9.17) is 0 Å². The lowest BCUT2D eigenvalue weighted by Gasteiger charge is -2.01. The molecule has 1 heterocycles. The summed E-state index contributed by atoms with van der Waals surface area (Å²) in [6.07, 6.45) is -1.84. The van der Waals surface area contributed by atoms with Crippen molar-refractivity contribution in [3.05, 3.63) is 28.0 Å². The summed E-state index contributed by atoms with van der Waals surface area (Å²) in [6, 6.07) is 1.38. The van der Waals surface area contributed by atoms with E-state index in [9.17, 15) is 13.6 Å². The molecule has 0 N–H and O–H groups in total. The van der Waals surface area contributed by atoms with Gasteiger partial charge in [0.05, 0.1) is 0 Å². The number of ketones is 1. The van der Waals surface area contributed by atoms with Crippen LogP contribution < -0.4 is 0 Å². The van der Waals surface area contributed by atoms with Gasteiger partial charge in [-0.2, -0.15) is 0 Å². The van der Waals surface area contributed by atoms with Crippen molar-refractivity contribution in [2.24, 2.45) is 0 Å². The highest BCUT2D eigenvalue weighted by Gasteiger charge is 2.18. The third kappa shape index (κ3) is 2.30. The molecule has 0 fully saturated rings. The largest absolute Gasteiger partial charge is 0.300 e. The van der Waals surface area contributed by atoms with Gasteiger partial charge in [0.15, 0.2) is 0 Å². The molecule has 0 saturated heterocycles. The fourth-order valence-corrected chi connectivity index (χ4v) is 1.04. The molecule has 1 rings (SSSR count). The van der Waals surface area contributed by atoms with Crippen LogP contribution in [0.4, 0.5) is 8.78 Å². The molecule has 0 saturated carbocycles. The number of alkyl halides is 2. The maximum Gasteiger partial charge on any atom is 0.300 e. The molecule has 0 aliphatic heterocycles. The second kappa shape index (κ2) is 3.91. The molecule has 0 aliphatic carbocycles. The topological polar surface area (TPSA) is 30.0 Å². The van der Waals surface area contributed by atoms with Gasteiger partial charge in [0.2, 0.25) is 5.78 Å². The van der Waals surface area contributed by atoms with E-state index in [0.29, 0.717) is 10.2 Å². The Morgan fingerprint density at radius 1 is 1.62 bits per heavy atom. The van der Waals surface area contributed by atoms with E-state index in [1.807, 2.05) is 0 Å². The van der Waals surface area contributed by atoms with Crippen LogP contribution in [0.15, 0.2) is 16.9 Å². The third-order valence-corrected chi connectivity index (χ3v) is 2.33. The molecule has 0 aromatic carbocycles. The van der Waals surface area contributed by atoms with E-state index < -0.39 is 12.2 Å². The Hall–Kier alpha value is -0.840. The Morgan fingerprint density at radius 2 is 2.23 bits per heavy atom. The predicted molar refractivity (Wildman–Crippen MR) is 47.0 cm³/mol. The quantitative estimate of drug-likeness (QED) is 0.596. The number of halogens is 3. The van der Waals surface area contributed by atoms with Gasteiger partial charge in [0.25, 0.3) is 0 Å². The van der Waals surface area contributed by atoms with Crippen LogP contribution in [-0.2, 0) is 0 Å². The summed E-state index contributed by atoms with van der Waals surface area (Å²) < 4.78 is 24.5. The molecule has 1 aromatic heterocycles. The summed E-state index contributed by atoms with van der Waals surface area (Å²) in [5, 5.41) is 0. The van der Waals surface area contributed by atoms with Crippen LogP contribution in [0.25, 0.3) is 0 Å². The van der Waals surface area contributed by atoms with Crippen LogP contribution >= 0.6 is 15.9 Å². The van der Waals surface area contributed by atoms with Gasteiger partial charge in [-0.15, -0.1) is 0 Å². The first-order valence-electron chi connectivity index (χ1n) is 3.47. The molecule has 2 nitrogen and oxygen atoms in total. The molecular formula is C8H6BrF2NO. The number of hydrogen-bond acceptors (Lipinski definition) is 2. The van der Waals surface area contributed by atoms with Gasteiger partial charge in [-0.3, -0.25) is 4.79 Å². The normalized spacial score (nSPS) is 10.5. The molecule has 0 unspecified atom stereocenters. The molecule has 5 heteroatoms. The second-order valence-electron chi connectivity index (χ2n) is 2.50. The van der Waals surface area contributed by atoms with Crippen molar-refractivity contribution in [2.75, 3.05) is 0 Å². The number of carbonyl (C=O) groups is 1. The predicted octanol–water partition coefficient (Wildman–Crippen LogP) is 2.60. The monoisotopic (exact) mass is 249 g/mol. The van der Waals surface area contributed by atoms with E-state index in [1.54, 1.807) is 6.92 Å². The maximum absolute atomic E-state index is 12.0. The molecule has 0 amide bonds. The van der Waals surface area contributed by atoms with E-state index in [0.717, 1.165) is 6.20 Å². The first-order valence-corrected chi connectivity index (χ1v) is 4.26. The fraction of sp³-hybridized carbons (Fsp3) is 0.250. The highest BCUT2D eigenvalue weighted by molar-refractivity contribution is 9.10. The number of Topliss-reactive ketones (excluding diaryl/α,β-unsaturated/α-hetero) is 1. The molecule has 70 valence electrons. The first-order chi connectivity index (χ1) is 6.02. The van der Waals surface area contributed by atoms with Gasteiger partial charge >= 0.3 is 6.43 Å². The minimum absolute atomic E-state index is 0.0595. The SMILES string of the molecule is Cc1cc(C(=O)C(F)F)cnc1Br. The molecule has 0 bridgehead atoms. The van der Waals surface area contributed by atoms with Gasteiger partial charge in [-0.05, 0) is 34.5 Å². The Kier molecular flexibility index (Phi) is 3.08. The Balaban J connectivity index is 3.04. The van der Waals surface area contributed by atoms with Crippen LogP contribution in [0.3, 0.4) is 0 Å². The van der Waals surface area contributed by atoms with E-state index in [2.05, 4.69) is 20.9 Å². The summed E-state index contributed by atoms with van der Waals surface area (Å²) in [5.74, 6) is -1.19. The number of carbonyl (C=O) groups excluding carboxylic acids is 1. The lowest BCUT2D eigenvalue weighted by molar-refractivity contribution is 0.0678. The molecule has 1 aromatic rings. The fourth-order valence-electron chi connectivity index (χ4n) is 0.819. The van der Waals surface area contributed by atoms with Crippen LogP contribution in [0.5, 0.6) is 0 Å². The average molecular weight is 250 g/mol. The summed E-state index contributed by atoms with van der Waals surface area (Å²) in [6.45, 7) is 1.68. The summed E-state index contributed by atoms with van der Waals surface area (Å²) in [4.78, 5) is 14.5. The minimum Gasteiger partial charge on any atom is -0.288 e. The summed E-state index contributed by atoms with van der Waals surface area (Å²) in [5.41, 5.74) is 0.599. The van der Waals surface area contributed by atoms with Crippen molar-refractivity contribution in [3.8, 4) is 0 Å². The number of pyridine rings is 1. The van der Waals surface area contributed by atoms with Gasteiger partial charge in [-0.1, -0.05) is 0 Å². The zero-order chi connectivity index (χ0) is 10.0. The number of aryl methyl sites for hydroxylation is 1. The molecular weight excluding hydrogens is 244 g/mol. The van der Waals surface area contributed by atoms with Gasteiger partial charge in [0.1, 0.15) is 4.60 Å². The lowest BCUT2D eigenvalue weighted by Crippen LogP contribution is -2.10. The van der Waals surface area contributed by atoms with Gasteiger partial charge in [0, 0.05) is 11.8 Å². The van der Waals surface area contributed by atoms with Crippen LogP contribution in [0, 0.1) is 6.92 Å². The molecule has 0 aliphatic rings. The first kappa shape index (κ1) is 10.2. The maximum atomic E-state index is 12.0. The van der Waals surface area contributed by atoms with E-state index >= 15 is 0 Å². The minimum atomic E-state index is -2.97. The number of rotatable bonds is 2. The van der Waals surface area contributed by atoms with Crippen LogP contribution in [0.1, 0.15) is 15.9 Å². The van der Waals surface area contributed by atoms with Crippen molar-refractivity contribution in [2.45, 2.75) is 13.3 Å². The Bertz CT molecular complexity index is 341. The van der Waals surface area contributed by atoms with E-state index in [1.165, 1.54) is 6.07 Å². The highest BCUT2D eigenvalue weighted by Crippen LogP contribution is 2.15. The molecule has 0 spiro atoms. The third-order valence-electron chi connectivity index (χ3n) is 1.50. The Morgan fingerprint density at radius 3 is 2.69 bits per heavy atom. The molecule has 0 atom stereocenters. The van der Waals surface area contributed by atoms with Crippen LogP contribution in [0.2, 0.25) is 0 Å². The van der Waals surface area contributed by atoms with Crippen molar-refractivity contribution < 1.29 is 13.6 Å². The van der Waals surface area contributed by atoms with Crippen molar-refractivity contribution in [3.63, 3.8) is 0 Å². The zero-order valence-corrected chi connectivity index (χ0v) is 8.31.